The molecule has 1 aromatic heterocycles. The highest BCUT2D eigenvalue weighted by molar-refractivity contribution is 5.32. The second-order valence-corrected chi connectivity index (χ2v) is 3.54. The zero-order chi connectivity index (χ0) is 12.3. The first-order valence-electron chi connectivity index (χ1n) is 5.05. The average Bonchev–Trinajstić information content (AvgIpc) is 2.34. The highest BCUT2D eigenvalue weighted by Gasteiger charge is 2.06. The molecular weight excluding hydrogens is 223 g/mol. The Kier molecular flexibility index (Phi) is 3.30. The van der Waals surface area contributed by atoms with E-state index in [1.807, 2.05) is 6.92 Å². The molecule has 0 saturated heterocycles. The Morgan fingerprint density at radius 3 is 2.94 bits per heavy atom. The van der Waals surface area contributed by atoms with Crippen molar-refractivity contribution in [2.24, 2.45) is 0 Å². The molecule has 1 N–H and O–H groups in total. The van der Waals surface area contributed by atoms with Gasteiger partial charge in [-0.15, -0.1) is 0 Å². The SMILES string of the molecule is Cc1ccc(F)c(Oc2cncc(CO)n2)c1. The summed E-state index contributed by atoms with van der Waals surface area (Å²) in [5, 5.41) is 8.89. The summed E-state index contributed by atoms with van der Waals surface area (Å²) in [4.78, 5) is 7.79. The van der Waals surface area contributed by atoms with Crippen LogP contribution in [0.5, 0.6) is 11.6 Å². The summed E-state index contributed by atoms with van der Waals surface area (Å²) < 4.78 is 18.7. The van der Waals surface area contributed by atoms with E-state index < -0.39 is 5.82 Å². The zero-order valence-corrected chi connectivity index (χ0v) is 9.22. The van der Waals surface area contributed by atoms with E-state index in [1.165, 1.54) is 18.5 Å². The number of aliphatic hydroxyl groups excluding tert-OH is 1. The molecule has 2 aromatic rings. The summed E-state index contributed by atoms with van der Waals surface area (Å²) in [6.45, 7) is 1.60. The quantitative estimate of drug-likeness (QED) is 0.884. The third kappa shape index (κ3) is 2.76. The first-order chi connectivity index (χ1) is 8.19. The van der Waals surface area contributed by atoms with Gasteiger partial charge in [0.15, 0.2) is 11.6 Å². The summed E-state index contributed by atoms with van der Waals surface area (Å²) in [6.07, 6.45) is 2.78. The summed E-state index contributed by atoms with van der Waals surface area (Å²) in [7, 11) is 0. The van der Waals surface area contributed by atoms with Crippen molar-refractivity contribution in [2.75, 3.05) is 0 Å². The molecule has 1 heterocycles. The van der Waals surface area contributed by atoms with E-state index >= 15 is 0 Å². The third-order valence-electron chi connectivity index (χ3n) is 2.13. The maximum absolute atomic E-state index is 13.4. The standard InChI is InChI=1S/C12H11FN2O2/c1-8-2-3-10(13)11(4-8)17-12-6-14-5-9(7-16)15-12/h2-6,16H,7H2,1H3. The molecule has 0 radical (unpaired) electrons. The van der Waals surface area contributed by atoms with Gasteiger partial charge in [-0.3, -0.25) is 4.98 Å². The molecule has 17 heavy (non-hydrogen) atoms. The number of aromatic nitrogens is 2. The largest absolute Gasteiger partial charge is 0.434 e. The van der Waals surface area contributed by atoms with Crippen LogP contribution < -0.4 is 4.74 Å². The van der Waals surface area contributed by atoms with Crippen molar-refractivity contribution in [3.8, 4) is 11.6 Å². The van der Waals surface area contributed by atoms with Gasteiger partial charge in [0.1, 0.15) is 0 Å². The Morgan fingerprint density at radius 1 is 1.35 bits per heavy atom. The van der Waals surface area contributed by atoms with Gasteiger partial charge in [-0.1, -0.05) is 6.07 Å². The fraction of sp³-hybridized carbons (Fsp3) is 0.167. The lowest BCUT2D eigenvalue weighted by Crippen LogP contribution is -1.96. The smallest absolute Gasteiger partial charge is 0.238 e. The molecule has 0 spiro atoms. The van der Waals surface area contributed by atoms with Crippen molar-refractivity contribution in [3.63, 3.8) is 0 Å². The lowest BCUT2D eigenvalue weighted by molar-refractivity contribution is 0.274. The number of hydrogen-bond acceptors (Lipinski definition) is 4. The number of hydrogen-bond donors (Lipinski definition) is 1. The number of rotatable bonds is 3. The average molecular weight is 234 g/mol. The van der Waals surface area contributed by atoms with E-state index in [4.69, 9.17) is 9.84 Å². The van der Waals surface area contributed by atoms with Crippen LogP contribution in [0.25, 0.3) is 0 Å². The van der Waals surface area contributed by atoms with Crippen molar-refractivity contribution in [2.45, 2.75) is 13.5 Å². The fourth-order valence-corrected chi connectivity index (χ4v) is 1.31. The predicted octanol–water partition coefficient (Wildman–Crippen LogP) is 2.21. The van der Waals surface area contributed by atoms with Gasteiger partial charge in [-0.05, 0) is 24.6 Å². The van der Waals surface area contributed by atoms with Crippen LogP contribution in [-0.2, 0) is 6.61 Å². The molecule has 2 rings (SSSR count). The van der Waals surface area contributed by atoms with Gasteiger partial charge in [0.2, 0.25) is 5.88 Å². The van der Waals surface area contributed by atoms with Gasteiger partial charge < -0.3 is 9.84 Å². The molecule has 0 aliphatic heterocycles. The van der Waals surface area contributed by atoms with Gasteiger partial charge in [-0.2, -0.15) is 0 Å². The van der Waals surface area contributed by atoms with Crippen LogP contribution in [0.15, 0.2) is 30.6 Å². The Labute approximate surface area is 97.7 Å². The van der Waals surface area contributed by atoms with Crippen LogP contribution in [-0.4, -0.2) is 15.1 Å². The van der Waals surface area contributed by atoms with Crippen LogP contribution in [0.4, 0.5) is 4.39 Å². The lowest BCUT2D eigenvalue weighted by Gasteiger charge is -2.06. The van der Waals surface area contributed by atoms with Gasteiger partial charge in [0.25, 0.3) is 0 Å². The van der Waals surface area contributed by atoms with Gasteiger partial charge >= 0.3 is 0 Å². The minimum Gasteiger partial charge on any atom is -0.434 e. The molecule has 0 bridgehead atoms. The number of halogens is 1. The first-order valence-corrected chi connectivity index (χ1v) is 5.05. The Balaban J connectivity index is 2.27. The summed E-state index contributed by atoms with van der Waals surface area (Å²) in [5.41, 5.74) is 1.25. The molecule has 0 aliphatic rings. The van der Waals surface area contributed by atoms with Crippen LogP contribution in [0.1, 0.15) is 11.3 Å². The lowest BCUT2D eigenvalue weighted by atomic mass is 10.2. The molecule has 4 nitrogen and oxygen atoms in total. The van der Waals surface area contributed by atoms with E-state index in [0.717, 1.165) is 5.56 Å². The Morgan fingerprint density at radius 2 is 2.18 bits per heavy atom. The second-order valence-electron chi connectivity index (χ2n) is 3.54. The minimum atomic E-state index is -0.466. The first kappa shape index (κ1) is 11.5. The monoisotopic (exact) mass is 234 g/mol. The second kappa shape index (κ2) is 4.88. The van der Waals surface area contributed by atoms with Gasteiger partial charge in [0, 0.05) is 0 Å². The number of aryl methyl sites for hydroxylation is 1. The maximum atomic E-state index is 13.4. The highest BCUT2D eigenvalue weighted by atomic mass is 19.1. The van der Waals surface area contributed by atoms with Crippen LogP contribution in [0, 0.1) is 12.7 Å². The van der Waals surface area contributed by atoms with Crippen molar-refractivity contribution in [1.29, 1.82) is 0 Å². The Hall–Kier alpha value is -2.01. The molecule has 0 unspecified atom stereocenters. The van der Waals surface area contributed by atoms with E-state index in [0.29, 0.717) is 5.69 Å². The van der Waals surface area contributed by atoms with E-state index in [9.17, 15) is 4.39 Å². The van der Waals surface area contributed by atoms with Crippen molar-refractivity contribution in [1.82, 2.24) is 9.97 Å². The topological polar surface area (TPSA) is 55.2 Å². The summed E-state index contributed by atoms with van der Waals surface area (Å²) in [6, 6.07) is 4.55. The summed E-state index contributed by atoms with van der Waals surface area (Å²) >= 11 is 0. The molecule has 0 aliphatic carbocycles. The molecule has 0 fully saturated rings. The van der Waals surface area contributed by atoms with Gasteiger partial charge in [-0.25, -0.2) is 9.37 Å². The fourth-order valence-electron chi connectivity index (χ4n) is 1.31. The maximum Gasteiger partial charge on any atom is 0.238 e. The van der Waals surface area contributed by atoms with Crippen LogP contribution in [0.2, 0.25) is 0 Å². The number of aliphatic hydroxyl groups is 1. The highest BCUT2D eigenvalue weighted by Crippen LogP contribution is 2.23. The molecule has 0 saturated carbocycles. The third-order valence-corrected chi connectivity index (χ3v) is 2.13. The molecular formula is C12H11FN2O2. The minimum absolute atomic E-state index is 0.0920. The predicted molar refractivity (Wildman–Crippen MR) is 59.2 cm³/mol. The van der Waals surface area contributed by atoms with Crippen LogP contribution in [0.3, 0.4) is 0 Å². The molecule has 0 amide bonds. The number of benzene rings is 1. The van der Waals surface area contributed by atoms with Crippen molar-refractivity contribution >= 4 is 0 Å². The van der Waals surface area contributed by atoms with E-state index in [-0.39, 0.29) is 18.2 Å². The van der Waals surface area contributed by atoms with Crippen molar-refractivity contribution < 1.29 is 14.2 Å². The Bertz CT molecular complexity index is 532. The molecule has 88 valence electrons. The normalized spacial score (nSPS) is 10.3. The molecule has 0 atom stereocenters. The zero-order valence-electron chi connectivity index (χ0n) is 9.22. The van der Waals surface area contributed by atoms with E-state index in [2.05, 4.69) is 9.97 Å². The summed E-state index contributed by atoms with van der Waals surface area (Å²) in [5.74, 6) is -0.220. The molecule has 1 aromatic carbocycles. The number of nitrogens with zero attached hydrogens (tertiary/aromatic N) is 2. The van der Waals surface area contributed by atoms with Gasteiger partial charge in [0.05, 0.1) is 24.7 Å². The number of ether oxygens (including phenoxy) is 1. The van der Waals surface area contributed by atoms with Crippen LogP contribution >= 0.6 is 0 Å². The van der Waals surface area contributed by atoms with E-state index in [1.54, 1.807) is 12.1 Å². The molecule has 5 heteroatoms. The van der Waals surface area contributed by atoms with Crippen molar-refractivity contribution in [3.05, 3.63) is 47.7 Å².